The van der Waals surface area contributed by atoms with Crippen LogP contribution in [0.2, 0.25) is 0 Å². The molecule has 0 bridgehead atoms. The van der Waals surface area contributed by atoms with Crippen LogP contribution in [0.5, 0.6) is 0 Å². The molecule has 0 unspecified atom stereocenters. The van der Waals surface area contributed by atoms with Crippen LogP contribution in [0.15, 0.2) is 200 Å². The Balaban J connectivity index is 1.19. The SMILES string of the molecule is Cc1ccc(N(c2ccccc2)c2ccc(N(c3ccccc3)c3ccc(N(c4ccccc4)c4ccnc5ccccc45)cc3)cc2)cc1. The van der Waals surface area contributed by atoms with Crippen molar-refractivity contribution in [3.05, 3.63) is 206 Å². The smallest absolute Gasteiger partial charge is 0.0723 e. The van der Waals surface area contributed by atoms with Crippen LogP contribution in [-0.2, 0) is 0 Å². The molecule has 0 aliphatic heterocycles. The average molecular weight is 645 g/mol. The third kappa shape index (κ3) is 6.18. The Labute approximate surface area is 293 Å². The molecule has 7 aromatic carbocycles. The van der Waals surface area contributed by atoms with Crippen molar-refractivity contribution in [2.75, 3.05) is 14.7 Å². The van der Waals surface area contributed by atoms with Gasteiger partial charge in [-0.05, 0) is 116 Å². The van der Waals surface area contributed by atoms with E-state index in [1.807, 2.05) is 12.3 Å². The minimum Gasteiger partial charge on any atom is -0.311 e. The van der Waals surface area contributed by atoms with Gasteiger partial charge in [0.05, 0.1) is 11.2 Å². The van der Waals surface area contributed by atoms with Crippen LogP contribution in [0.4, 0.5) is 51.2 Å². The van der Waals surface area contributed by atoms with E-state index < -0.39 is 0 Å². The molecule has 1 heterocycles. The minimum absolute atomic E-state index is 0.967. The Morgan fingerprint density at radius 3 is 1.12 bits per heavy atom. The second-order valence-electron chi connectivity index (χ2n) is 12.2. The zero-order valence-electron chi connectivity index (χ0n) is 27.8. The predicted octanol–water partition coefficient (Wildman–Crippen LogP) is 13.0. The molecule has 50 heavy (non-hydrogen) atoms. The van der Waals surface area contributed by atoms with Crippen molar-refractivity contribution >= 4 is 62.1 Å². The summed E-state index contributed by atoms with van der Waals surface area (Å²) in [6.45, 7) is 2.12. The number of aryl methyl sites for hydroxylation is 1. The summed E-state index contributed by atoms with van der Waals surface area (Å²) < 4.78 is 0. The van der Waals surface area contributed by atoms with Crippen molar-refractivity contribution in [2.45, 2.75) is 6.92 Å². The number of para-hydroxylation sites is 4. The number of fused-ring (bicyclic) bond motifs is 1. The Bertz CT molecular complexity index is 2300. The molecule has 1 aromatic heterocycles. The van der Waals surface area contributed by atoms with E-state index >= 15 is 0 Å². The first-order chi connectivity index (χ1) is 24.7. The van der Waals surface area contributed by atoms with Crippen molar-refractivity contribution in [3.8, 4) is 0 Å². The largest absolute Gasteiger partial charge is 0.311 e. The van der Waals surface area contributed by atoms with Crippen molar-refractivity contribution in [2.24, 2.45) is 0 Å². The molecule has 8 rings (SSSR count). The summed E-state index contributed by atoms with van der Waals surface area (Å²) in [5, 5.41) is 1.10. The first-order valence-electron chi connectivity index (χ1n) is 16.9. The van der Waals surface area contributed by atoms with Crippen LogP contribution in [0.25, 0.3) is 10.9 Å². The normalized spacial score (nSPS) is 10.9. The maximum absolute atomic E-state index is 4.63. The molecule has 8 aromatic rings. The number of hydrogen-bond acceptors (Lipinski definition) is 4. The Hall–Kier alpha value is -6.65. The maximum atomic E-state index is 4.63. The lowest BCUT2D eigenvalue weighted by molar-refractivity contribution is 1.24. The first kappa shape index (κ1) is 30.7. The van der Waals surface area contributed by atoms with Crippen LogP contribution in [0.1, 0.15) is 5.56 Å². The number of hydrogen-bond donors (Lipinski definition) is 0. The molecule has 4 heteroatoms. The van der Waals surface area contributed by atoms with Crippen LogP contribution in [-0.4, -0.2) is 4.98 Å². The third-order valence-corrected chi connectivity index (χ3v) is 8.93. The summed E-state index contributed by atoms with van der Waals surface area (Å²) in [4.78, 5) is 11.5. The fourth-order valence-electron chi connectivity index (χ4n) is 6.52. The molecule has 0 aliphatic rings. The number of anilines is 9. The highest BCUT2D eigenvalue weighted by Gasteiger charge is 2.19. The maximum Gasteiger partial charge on any atom is 0.0723 e. The minimum atomic E-state index is 0.967. The number of rotatable bonds is 9. The highest BCUT2D eigenvalue weighted by Crippen LogP contribution is 2.42. The second-order valence-corrected chi connectivity index (χ2v) is 12.2. The van der Waals surface area contributed by atoms with E-state index in [9.17, 15) is 0 Å². The van der Waals surface area contributed by atoms with Crippen LogP contribution in [0.3, 0.4) is 0 Å². The van der Waals surface area contributed by atoms with E-state index in [1.54, 1.807) is 0 Å². The van der Waals surface area contributed by atoms with Crippen molar-refractivity contribution in [1.82, 2.24) is 4.98 Å². The van der Waals surface area contributed by atoms with Crippen molar-refractivity contribution in [3.63, 3.8) is 0 Å². The van der Waals surface area contributed by atoms with Gasteiger partial charge in [0.25, 0.3) is 0 Å². The molecule has 0 aliphatic carbocycles. The van der Waals surface area contributed by atoms with Gasteiger partial charge in [0, 0.05) is 57.1 Å². The molecule has 0 radical (unpaired) electrons. The highest BCUT2D eigenvalue weighted by atomic mass is 15.2. The molecule has 0 amide bonds. The van der Waals surface area contributed by atoms with E-state index in [4.69, 9.17) is 0 Å². The van der Waals surface area contributed by atoms with Gasteiger partial charge in [-0.25, -0.2) is 0 Å². The number of pyridine rings is 1. The lowest BCUT2D eigenvalue weighted by Crippen LogP contribution is -2.13. The van der Waals surface area contributed by atoms with E-state index in [0.717, 1.165) is 62.1 Å². The summed E-state index contributed by atoms with van der Waals surface area (Å²) in [5.41, 5.74) is 12.0. The molecule has 240 valence electrons. The van der Waals surface area contributed by atoms with E-state index in [-0.39, 0.29) is 0 Å². The molecular weight excluding hydrogens is 609 g/mol. The molecule has 4 nitrogen and oxygen atoms in total. The average Bonchev–Trinajstić information content (AvgIpc) is 3.18. The van der Waals surface area contributed by atoms with Gasteiger partial charge >= 0.3 is 0 Å². The fourth-order valence-corrected chi connectivity index (χ4v) is 6.52. The third-order valence-electron chi connectivity index (χ3n) is 8.93. The van der Waals surface area contributed by atoms with E-state index in [2.05, 4.69) is 215 Å². The van der Waals surface area contributed by atoms with Gasteiger partial charge in [-0.3, -0.25) is 4.98 Å². The van der Waals surface area contributed by atoms with Crippen LogP contribution >= 0.6 is 0 Å². The quantitative estimate of drug-likeness (QED) is 0.156. The first-order valence-corrected chi connectivity index (χ1v) is 16.9. The summed E-state index contributed by atoms with van der Waals surface area (Å²) in [5.74, 6) is 0. The van der Waals surface area contributed by atoms with Gasteiger partial charge in [0.1, 0.15) is 0 Å². The summed E-state index contributed by atoms with van der Waals surface area (Å²) >= 11 is 0. The van der Waals surface area contributed by atoms with Gasteiger partial charge in [-0.15, -0.1) is 0 Å². The Kier molecular flexibility index (Phi) is 8.49. The van der Waals surface area contributed by atoms with Gasteiger partial charge < -0.3 is 14.7 Å². The predicted molar refractivity (Wildman–Crippen MR) is 211 cm³/mol. The number of aromatic nitrogens is 1. The summed E-state index contributed by atoms with van der Waals surface area (Å²) in [6, 6.07) is 68.3. The summed E-state index contributed by atoms with van der Waals surface area (Å²) in [6.07, 6.45) is 1.89. The van der Waals surface area contributed by atoms with Crippen molar-refractivity contribution < 1.29 is 0 Å². The van der Waals surface area contributed by atoms with Crippen LogP contribution in [0, 0.1) is 6.92 Å². The second kappa shape index (κ2) is 13.8. The number of benzene rings is 7. The molecular formula is C46H36N4. The summed E-state index contributed by atoms with van der Waals surface area (Å²) in [7, 11) is 0. The fraction of sp³-hybridized carbons (Fsp3) is 0.0217. The standard InChI is InChI=1S/C46H36N4/c1-35-21-23-39(24-22-35)48(36-13-5-2-6-14-36)40-25-27-41(28-26-40)49(37-15-7-3-8-16-37)42-29-31-43(32-30-42)50(38-17-9-4-10-18-38)46-33-34-47-45-20-12-11-19-44(45)46/h2-34H,1H3. The molecule has 0 fully saturated rings. The van der Waals surface area contributed by atoms with Gasteiger partial charge in [-0.1, -0.05) is 90.5 Å². The molecule has 0 atom stereocenters. The molecule has 0 spiro atoms. The molecule has 0 N–H and O–H groups in total. The highest BCUT2D eigenvalue weighted by molar-refractivity contribution is 5.97. The van der Waals surface area contributed by atoms with E-state index in [1.165, 1.54) is 5.56 Å². The van der Waals surface area contributed by atoms with E-state index in [0.29, 0.717) is 0 Å². The Morgan fingerprint density at radius 2 is 0.660 bits per heavy atom. The molecule has 0 saturated carbocycles. The van der Waals surface area contributed by atoms with Gasteiger partial charge in [0.15, 0.2) is 0 Å². The Morgan fingerprint density at radius 1 is 0.320 bits per heavy atom. The van der Waals surface area contributed by atoms with Crippen LogP contribution < -0.4 is 14.7 Å². The number of nitrogens with zero attached hydrogens (tertiary/aromatic N) is 4. The zero-order chi connectivity index (χ0) is 33.7. The van der Waals surface area contributed by atoms with Gasteiger partial charge in [-0.2, -0.15) is 0 Å². The zero-order valence-corrected chi connectivity index (χ0v) is 27.8. The van der Waals surface area contributed by atoms with Crippen molar-refractivity contribution in [1.29, 1.82) is 0 Å². The van der Waals surface area contributed by atoms with Gasteiger partial charge in [0.2, 0.25) is 0 Å². The molecule has 0 saturated heterocycles. The monoisotopic (exact) mass is 644 g/mol. The lowest BCUT2D eigenvalue weighted by Gasteiger charge is -2.29. The lowest BCUT2D eigenvalue weighted by atomic mass is 10.1. The topological polar surface area (TPSA) is 22.6 Å².